The van der Waals surface area contributed by atoms with Gasteiger partial charge in [0, 0.05) is 13.3 Å². The number of carbonyl (C=O) groups is 4. The fourth-order valence-corrected chi connectivity index (χ4v) is 2.72. The average molecular weight is 439 g/mol. The van der Waals surface area contributed by atoms with Gasteiger partial charge in [0.1, 0.15) is 31.5 Å². The first-order valence-corrected chi connectivity index (χ1v) is 8.74. The van der Waals surface area contributed by atoms with Gasteiger partial charge >= 0.3 is 17.9 Å². The van der Waals surface area contributed by atoms with Crippen molar-refractivity contribution in [3.05, 3.63) is 0 Å². The molecule has 0 aliphatic carbocycles. The minimum Gasteiger partial charge on any atom is -0.477 e. The molecular formula is C16H25NO13. The zero-order valence-electron chi connectivity index (χ0n) is 16.1. The molecule has 1 aliphatic heterocycles. The van der Waals surface area contributed by atoms with Crippen molar-refractivity contribution >= 4 is 23.8 Å². The summed E-state index contributed by atoms with van der Waals surface area (Å²) in [5, 5.41) is 60.3. The summed E-state index contributed by atoms with van der Waals surface area (Å²) in [6.45, 7) is 0.209. The second-order valence-corrected chi connectivity index (χ2v) is 6.64. The summed E-state index contributed by atoms with van der Waals surface area (Å²) in [4.78, 5) is 45.7. The Morgan fingerprint density at radius 2 is 1.87 bits per heavy atom. The number of carbonyl (C=O) groups excluding carboxylic acids is 3. The highest BCUT2D eigenvalue weighted by Crippen LogP contribution is 2.31. The Kier molecular flexibility index (Phi) is 9.08. The summed E-state index contributed by atoms with van der Waals surface area (Å²) in [6.07, 6.45) is -9.85. The van der Waals surface area contributed by atoms with Crippen LogP contribution in [0.1, 0.15) is 20.3 Å². The van der Waals surface area contributed by atoms with E-state index in [9.17, 15) is 39.6 Å². The van der Waals surface area contributed by atoms with Gasteiger partial charge in [-0.3, -0.25) is 9.59 Å². The lowest BCUT2D eigenvalue weighted by Crippen LogP contribution is -2.67. The number of aliphatic carboxylic acids is 1. The molecule has 0 aromatic heterocycles. The van der Waals surface area contributed by atoms with E-state index in [4.69, 9.17) is 24.4 Å². The van der Waals surface area contributed by atoms with Crippen molar-refractivity contribution in [3.8, 4) is 0 Å². The van der Waals surface area contributed by atoms with Crippen molar-refractivity contribution in [1.29, 1.82) is 0 Å². The summed E-state index contributed by atoms with van der Waals surface area (Å²) in [7, 11) is 0. The molecule has 0 radical (unpaired) electrons. The van der Waals surface area contributed by atoms with Crippen molar-refractivity contribution in [2.45, 2.75) is 62.6 Å². The normalized spacial score (nSPS) is 29.2. The highest BCUT2D eigenvalue weighted by Gasteiger charge is 2.54. The third kappa shape index (κ3) is 6.58. The lowest BCUT2D eigenvalue weighted by Gasteiger charge is -2.45. The number of hydrogen-bond acceptors (Lipinski definition) is 12. The quantitative estimate of drug-likeness (QED) is 0.168. The molecular weight excluding hydrogens is 414 g/mol. The molecule has 0 bridgehead atoms. The Morgan fingerprint density at radius 3 is 2.33 bits per heavy atom. The van der Waals surface area contributed by atoms with E-state index in [2.05, 4.69) is 5.32 Å². The molecule has 7 N–H and O–H groups in total. The Labute approximate surface area is 170 Å². The molecule has 1 fully saturated rings. The molecule has 14 heteroatoms. The number of rotatable bonds is 9. The van der Waals surface area contributed by atoms with Gasteiger partial charge < -0.3 is 50.2 Å². The van der Waals surface area contributed by atoms with Crippen LogP contribution < -0.4 is 5.32 Å². The molecule has 0 aromatic rings. The van der Waals surface area contributed by atoms with Gasteiger partial charge in [-0.05, 0) is 6.92 Å². The van der Waals surface area contributed by atoms with Gasteiger partial charge in [0.2, 0.25) is 5.91 Å². The molecule has 0 saturated carbocycles. The molecule has 1 amide bonds. The molecule has 0 spiro atoms. The maximum absolute atomic E-state index is 11.6. The first kappa shape index (κ1) is 25.7. The molecule has 14 nitrogen and oxygen atoms in total. The van der Waals surface area contributed by atoms with Crippen molar-refractivity contribution in [2.75, 3.05) is 13.2 Å². The Hall–Kier alpha value is -2.36. The van der Waals surface area contributed by atoms with Gasteiger partial charge in [0.15, 0.2) is 6.10 Å². The maximum Gasteiger partial charge on any atom is 0.364 e. The van der Waals surface area contributed by atoms with Crippen molar-refractivity contribution in [3.63, 3.8) is 0 Å². The van der Waals surface area contributed by atoms with E-state index in [0.29, 0.717) is 0 Å². The molecule has 1 aliphatic rings. The van der Waals surface area contributed by atoms with Gasteiger partial charge in [-0.15, -0.1) is 0 Å². The van der Waals surface area contributed by atoms with Gasteiger partial charge in [0.05, 0.1) is 12.1 Å². The van der Waals surface area contributed by atoms with E-state index >= 15 is 0 Å². The van der Waals surface area contributed by atoms with Crippen LogP contribution in [0.2, 0.25) is 0 Å². The van der Waals surface area contributed by atoms with E-state index < -0.39 is 85.8 Å². The van der Waals surface area contributed by atoms with Crippen LogP contribution >= 0.6 is 0 Å². The zero-order valence-corrected chi connectivity index (χ0v) is 16.1. The summed E-state index contributed by atoms with van der Waals surface area (Å²) in [6, 6.07) is -1.55. The number of carboxylic acids is 1. The first-order valence-electron chi connectivity index (χ1n) is 8.74. The monoisotopic (exact) mass is 439 g/mol. The molecule has 1 heterocycles. The summed E-state index contributed by atoms with van der Waals surface area (Å²) in [5.41, 5.74) is 0. The van der Waals surface area contributed by atoms with Crippen LogP contribution in [0.25, 0.3) is 0 Å². The molecule has 1 rings (SSSR count). The number of carboxylic acid groups (broad SMARTS) is 1. The Morgan fingerprint density at radius 1 is 1.27 bits per heavy atom. The number of nitrogens with one attached hydrogen (secondary N) is 1. The number of ether oxygens (including phenoxy) is 3. The summed E-state index contributed by atoms with van der Waals surface area (Å²) < 4.78 is 14.5. The van der Waals surface area contributed by atoms with Crippen LogP contribution in [-0.2, 0) is 33.4 Å². The SMILES string of the molecule is CC(=O)O[C@H](COC(=O)C(C)O)[C@@H](O)[C@@H]1OC(O)(C(=O)O)C[C@H](O)[C@H]1NC(=O)CO. The van der Waals surface area contributed by atoms with Crippen LogP contribution in [0, 0.1) is 0 Å². The van der Waals surface area contributed by atoms with Crippen LogP contribution in [0.3, 0.4) is 0 Å². The summed E-state index contributed by atoms with van der Waals surface area (Å²) >= 11 is 0. The van der Waals surface area contributed by atoms with Crippen LogP contribution in [0.4, 0.5) is 0 Å². The smallest absolute Gasteiger partial charge is 0.364 e. The van der Waals surface area contributed by atoms with Crippen LogP contribution in [0.5, 0.6) is 0 Å². The fourth-order valence-electron chi connectivity index (χ4n) is 2.72. The van der Waals surface area contributed by atoms with E-state index in [1.165, 1.54) is 0 Å². The number of aliphatic hydroxyl groups excluding tert-OH is 4. The van der Waals surface area contributed by atoms with Gasteiger partial charge in [0.25, 0.3) is 5.79 Å². The number of hydrogen-bond donors (Lipinski definition) is 7. The van der Waals surface area contributed by atoms with E-state index in [0.717, 1.165) is 13.8 Å². The van der Waals surface area contributed by atoms with E-state index in [1.54, 1.807) is 0 Å². The molecule has 2 unspecified atom stereocenters. The van der Waals surface area contributed by atoms with E-state index in [-0.39, 0.29) is 0 Å². The second-order valence-electron chi connectivity index (χ2n) is 6.64. The lowest BCUT2D eigenvalue weighted by molar-refractivity contribution is -0.295. The van der Waals surface area contributed by atoms with Crippen LogP contribution in [-0.4, -0.2) is 110 Å². The van der Waals surface area contributed by atoms with Crippen LogP contribution in [0.15, 0.2) is 0 Å². The lowest BCUT2D eigenvalue weighted by atomic mass is 9.88. The van der Waals surface area contributed by atoms with Crippen molar-refractivity contribution in [2.24, 2.45) is 0 Å². The molecule has 7 atom stereocenters. The second kappa shape index (κ2) is 10.6. The minimum absolute atomic E-state index is 0.813. The summed E-state index contributed by atoms with van der Waals surface area (Å²) in [5.74, 6) is -7.98. The standard InChI is InChI=1S/C16H25NO13/c1-6(19)14(24)28-5-9(29-7(2)20)12(23)13-11(17-10(22)4-18)8(21)3-16(27,30-13)15(25)26/h6,8-9,11-13,18-19,21,23,27H,3-5H2,1-2H3,(H,17,22)(H,25,26)/t6?,8-,9+,11+,12+,13+,16?/m0/s1. The molecule has 172 valence electrons. The molecule has 30 heavy (non-hydrogen) atoms. The highest BCUT2D eigenvalue weighted by molar-refractivity contribution is 5.78. The van der Waals surface area contributed by atoms with Gasteiger partial charge in [-0.25, -0.2) is 9.59 Å². The van der Waals surface area contributed by atoms with Gasteiger partial charge in [-0.2, -0.15) is 0 Å². The topological polar surface area (TPSA) is 229 Å². The molecule has 1 saturated heterocycles. The van der Waals surface area contributed by atoms with E-state index in [1.807, 2.05) is 0 Å². The Bertz CT molecular complexity index is 653. The third-order valence-corrected chi connectivity index (χ3v) is 4.16. The zero-order chi connectivity index (χ0) is 23.2. The average Bonchev–Trinajstić information content (AvgIpc) is 2.65. The van der Waals surface area contributed by atoms with Crippen molar-refractivity contribution in [1.82, 2.24) is 5.32 Å². The predicted octanol–water partition coefficient (Wildman–Crippen LogP) is -4.40. The number of amides is 1. The minimum atomic E-state index is -2.97. The molecule has 0 aromatic carbocycles. The highest BCUT2D eigenvalue weighted by atomic mass is 16.7. The Balaban J connectivity index is 3.20. The predicted molar refractivity (Wildman–Crippen MR) is 91.3 cm³/mol. The fraction of sp³-hybridized carbons (Fsp3) is 0.750. The van der Waals surface area contributed by atoms with Gasteiger partial charge in [-0.1, -0.05) is 0 Å². The number of aliphatic hydroxyl groups is 5. The van der Waals surface area contributed by atoms with Crippen molar-refractivity contribution < 1.29 is 64.0 Å². The number of esters is 2. The maximum atomic E-state index is 11.6. The third-order valence-electron chi connectivity index (χ3n) is 4.16. The largest absolute Gasteiger partial charge is 0.477 e. The first-order chi connectivity index (χ1) is 13.8.